The highest BCUT2D eigenvalue weighted by molar-refractivity contribution is 9.10. The second-order valence-electron chi connectivity index (χ2n) is 4.91. The average molecular weight is 382 g/mol. The van der Waals surface area contributed by atoms with Crippen LogP contribution in [0.4, 0.5) is 4.39 Å². The first kappa shape index (κ1) is 16.3. The molecule has 0 atom stereocenters. The molecule has 2 rings (SSSR count). The summed E-state index contributed by atoms with van der Waals surface area (Å²) >= 11 is 4.94. The zero-order valence-corrected chi connectivity index (χ0v) is 14.3. The van der Waals surface area contributed by atoms with E-state index in [1.807, 2.05) is 11.8 Å². The van der Waals surface area contributed by atoms with Crippen LogP contribution in [0.2, 0.25) is 0 Å². The number of rotatable bonds is 4. The Kier molecular flexibility index (Phi) is 5.50. The fourth-order valence-corrected chi connectivity index (χ4v) is 4.83. The van der Waals surface area contributed by atoms with Crippen molar-refractivity contribution >= 4 is 37.7 Å². The van der Waals surface area contributed by atoms with Gasteiger partial charge in [0.1, 0.15) is 10.7 Å². The summed E-state index contributed by atoms with van der Waals surface area (Å²) in [6, 6.07) is 3.89. The van der Waals surface area contributed by atoms with E-state index in [2.05, 4.69) is 26.9 Å². The minimum Gasteiger partial charge on any atom is -0.208 e. The summed E-state index contributed by atoms with van der Waals surface area (Å²) in [4.78, 5) is -0.285. The molecular weight excluding hydrogens is 365 g/mol. The van der Waals surface area contributed by atoms with Crippen LogP contribution in [0.15, 0.2) is 27.6 Å². The van der Waals surface area contributed by atoms with E-state index in [-0.39, 0.29) is 10.9 Å². The molecule has 1 fully saturated rings. The first-order valence-electron chi connectivity index (χ1n) is 6.42. The van der Waals surface area contributed by atoms with Gasteiger partial charge in [-0.1, -0.05) is 15.9 Å². The van der Waals surface area contributed by atoms with Gasteiger partial charge in [-0.2, -0.15) is 11.8 Å². The second kappa shape index (κ2) is 6.77. The molecule has 0 spiro atoms. The Morgan fingerprint density at radius 3 is 2.50 bits per heavy atom. The first-order chi connectivity index (χ1) is 9.42. The molecular formula is C13H17BrFNO2S2. The van der Waals surface area contributed by atoms with Gasteiger partial charge in [-0.25, -0.2) is 17.5 Å². The summed E-state index contributed by atoms with van der Waals surface area (Å²) in [7, 11) is -3.78. The van der Waals surface area contributed by atoms with Crippen molar-refractivity contribution in [1.29, 1.82) is 0 Å². The number of hydrogen-bond acceptors (Lipinski definition) is 3. The maximum Gasteiger partial charge on any atom is 0.243 e. The van der Waals surface area contributed by atoms with Crippen molar-refractivity contribution in [2.75, 3.05) is 6.26 Å². The quantitative estimate of drug-likeness (QED) is 0.867. The van der Waals surface area contributed by atoms with E-state index >= 15 is 0 Å². The Hall–Kier alpha value is -0.110. The summed E-state index contributed by atoms with van der Waals surface area (Å²) in [5.74, 6) is -0.732. The third kappa shape index (κ3) is 3.96. The SMILES string of the molecule is CSC1CCC(NS(=O)(=O)c2ccc(Br)cc2F)CC1. The van der Waals surface area contributed by atoms with Gasteiger partial charge in [-0.05, 0) is 50.1 Å². The summed E-state index contributed by atoms with van der Waals surface area (Å²) in [6.45, 7) is 0. The Morgan fingerprint density at radius 2 is 1.95 bits per heavy atom. The molecule has 0 aromatic heterocycles. The summed E-state index contributed by atoms with van der Waals surface area (Å²) < 4.78 is 41.3. The minimum absolute atomic E-state index is 0.0913. The fourth-order valence-electron chi connectivity index (χ4n) is 2.39. The molecule has 7 heteroatoms. The van der Waals surface area contributed by atoms with Gasteiger partial charge in [0, 0.05) is 15.8 Å². The molecule has 1 N–H and O–H groups in total. The molecule has 0 radical (unpaired) electrons. The molecule has 1 aliphatic rings. The van der Waals surface area contributed by atoms with Crippen LogP contribution in [0.5, 0.6) is 0 Å². The van der Waals surface area contributed by atoms with Crippen LogP contribution in [0.1, 0.15) is 25.7 Å². The van der Waals surface area contributed by atoms with Crippen molar-refractivity contribution in [3.8, 4) is 0 Å². The highest BCUT2D eigenvalue weighted by atomic mass is 79.9. The number of halogens is 2. The second-order valence-corrected chi connectivity index (χ2v) is 8.64. The number of thioether (sulfide) groups is 1. The average Bonchev–Trinajstić information content (AvgIpc) is 2.38. The number of benzene rings is 1. The van der Waals surface area contributed by atoms with Gasteiger partial charge in [-0.3, -0.25) is 0 Å². The monoisotopic (exact) mass is 381 g/mol. The lowest BCUT2D eigenvalue weighted by molar-refractivity contribution is 0.419. The van der Waals surface area contributed by atoms with Crippen molar-refractivity contribution in [2.45, 2.75) is 41.9 Å². The Balaban J connectivity index is 2.08. The molecule has 20 heavy (non-hydrogen) atoms. The van der Waals surface area contributed by atoms with Crippen molar-refractivity contribution in [3.05, 3.63) is 28.5 Å². The van der Waals surface area contributed by atoms with Gasteiger partial charge in [0.2, 0.25) is 10.0 Å². The highest BCUT2D eigenvalue weighted by Crippen LogP contribution is 2.28. The lowest BCUT2D eigenvalue weighted by Gasteiger charge is -2.27. The highest BCUT2D eigenvalue weighted by Gasteiger charge is 2.27. The molecule has 0 aliphatic heterocycles. The van der Waals surface area contributed by atoms with Gasteiger partial charge < -0.3 is 0 Å². The molecule has 0 saturated heterocycles. The van der Waals surface area contributed by atoms with E-state index in [0.717, 1.165) is 25.7 Å². The summed E-state index contributed by atoms with van der Waals surface area (Å²) in [5, 5.41) is 0.611. The van der Waals surface area contributed by atoms with Crippen molar-refractivity contribution in [2.24, 2.45) is 0 Å². The lowest BCUT2D eigenvalue weighted by Crippen LogP contribution is -2.38. The maximum atomic E-state index is 13.8. The van der Waals surface area contributed by atoms with E-state index in [1.54, 1.807) is 0 Å². The molecule has 3 nitrogen and oxygen atoms in total. The van der Waals surface area contributed by atoms with Crippen molar-refractivity contribution < 1.29 is 12.8 Å². The smallest absolute Gasteiger partial charge is 0.208 e. The van der Waals surface area contributed by atoms with Crippen LogP contribution in [0, 0.1) is 5.82 Å². The summed E-state index contributed by atoms with van der Waals surface area (Å²) in [6.07, 6.45) is 5.69. The molecule has 0 unspecified atom stereocenters. The van der Waals surface area contributed by atoms with E-state index in [9.17, 15) is 12.8 Å². The van der Waals surface area contributed by atoms with Gasteiger partial charge >= 0.3 is 0 Å². The molecule has 112 valence electrons. The van der Waals surface area contributed by atoms with Gasteiger partial charge in [0.05, 0.1) is 0 Å². The molecule has 1 aliphatic carbocycles. The van der Waals surface area contributed by atoms with E-state index < -0.39 is 15.8 Å². The Labute approximate surface area is 131 Å². The maximum absolute atomic E-state index is 13.8. The minimum atomic E-state index is -3.78. The zero-order chi connectivity index (χ0) is 14.8. The molecule has 1 aromatic rings. The number of sulfonamides is 1. The predicted octanol–water partition coefficient (Wildman–Crippen LogP) is 3.54. The van der Waals surface area contributed by atoms with Crippen LogP contribution >= 0.6 is 27.7 Å². The molecule has 0 amide bonds. The normalized spacial score (nSPS) is 23.8. The summed E-state index contributed by atoms with van der Waals surface area (Å²) in [5.41, 5.74) is 0. The van der Waals surface area contributed by atoms with E-state index in [4.69, 9.17) is 0 Å². The lowest BCUT2D eigenvalue weighted by atomic mass is 9.96. The van der Waals surface area contributed by atoms with Crippen molar-refractivity contribution in [3.63, 3.8) is 0 Å². The predicted molar refractivity (Wildman–Crippen MR) is 84.0 cm³/mol. The molecule has 0 heterocycles. The molecule has 1 saturated carbocycles. The van der Waals surface area contributed by atoms with E-state index in [1.165, 1.54) is 18.2 Å². The van der Waals surface area contributed by atoms with Crippen molar-refractivity contribution in [1.82, 2.24) is 4.72 Å². The van der Waals surface area contributed by atoms with Crippen LogP contribution in [0.3, 0.4) is 0 Å². The van der Waals surface area contributed by atoms with Crippen LogP contribution < -0.4 is 4.72 Å². The number of nitrogens with one attached hydrogen (secondary N) is 1. The van der Waals surface area contributed by atoms with E-state index in [0.29, 0.717) is 9.72 Å². The van der Waals surface area contributed by atoms with Gasteiger partial charge in [0.15, 0.2) is 0 Å². The van der Waals surface area contributed by atoms with Crippen LogP contribution in [0.25, 0.3) is 0 Å². The molecule has 1 aromatic carbocycles. The Morgan fingerprint density at radius 1 is 1.30 bits per heavy atom. The number of hydrogen-bond donors (Lipinski definition) is 1. The third-order valence-corrected chi connectivity index (χ3v) is 6.70. The molecule has 0 bridgehead atoms. The standard InChI is InChI=1S/C13H17BrFNO2S2/c1-19-11-5-3-10(4-6-11)16-20(17,18)13-7-2-9(14)8-12(13)15/h2,7-8,10-11,16H,3-6H2,1H3. The van der Waals surface area contributed by atoms with Gasteiger partial charge in [0.25, 0.3) is 0 Å². The zero-order valence-electron chi connectivity index (χ0n) is 11.1. The van der Waals surface area contributed by atoms with Gasteiger partial charge in [-0.15, -0.1) is 0 Å². The third-order valence-electron chi connectivity index (χ3n) is 3.51. The van der Waals surface area contributed by atoms with Crippen LogP contribution in [-0.4, -0.2) is 26.0 Å². The largest absolute Gasteiger partial charge is 0.243 e. The van der Waals surface area contributed by atoms with Crippen LogP contribution in [-0.2, 0) is 10.0 Å². The Bertz CT molecular complexity index is 572. The topological polar surface area (TPSA) is 46.2 Å². The fraction of sp³-hybridized carbons (Fsp3) is 0.538. The first-order valence-corrected chi connectivity index (χ1v) is 9.99.